The second-order valence-corrected chi connectivity index (χ2v) is 11.1. The van der Waals surface area contributed by atoms with Gasteiger partial charge in [-0.2, -0.15) is 0 Å². The smallest absolute Gasteiger partial charge is 0.164 e. The molecule has 43 heavy (non-hydrogen) atoms. The first-order chi connectivity index (χ1) is 21.0. The van der Waals surface area contributed by atoms with E-state index in [0.717, 1.165) is 49.4 Å². The van der Waals surface area contributed by atoms with Gasteiger partial charge in [-0.25, -0.2) is 29.9 Å². The standard InChI is InChI=1S/C35H24N8/c1-17-16-26-27(19(3)18(17)2)35-42-33-25-15-9-8-14-24(25)31(40-33)38-29-21-11-5-4-10-20(21)28(36-29)37-30-22-12-6-7-13-23(22)32(39-30)41-34(26)43-35/h4-16H,1-3H3,(H2,36,37,38,39,40,41,42,43). The van der Waals surface area contributed by atoms with Crippen molar-refractivity contribution in [2.45, 2.75) is 20.8 Å². The maximum atomic E-state index is 5.15. The largest absolute Gasteiger partial charge is 0.324 e. The molecule has 0 saturated carbocycles. The van der Waals surface area contributed by atoms with Gasteiger partial charge in [-0.3, -0.25) is 0 Å². The van der Waals surface area contributed by atoms with Crippen molar-refractivity contribution in [3.05, 3.63) is 95.6 Å². The average Bonchev–Trinajstić information content (AvgIpc) is 3.75. The van der Waals surface area contributed by atoms with Crippen LogP contribution in [-0.4, -0.2) is 39.9 Å². The summed E-state index contributed by atoms with van der Waals surface area (Å²) in [4.78, 5) is 37.3. The predicted molar refractivity (Wildman–Crippen MR) is 170 cm³/mol. The first kappa shape index (κ1) is 23.9. The maximum Gasteiger partial charge on any atom is 0.164 e. The molecule has 0 aliphatic carbocycles. The fourth-order valence-electron chi connectivity index (χ4n) is 6.26. The van der Waals surface area contributed by atoms with Crippen LogP contribution >= 0.6 is 0 Å². The molecular formula is C35H24N8. The van der Waals surface area contributed by atoms with E-state index >= 15 is 0 Å². The van der Waals surface area contributed by atoms with Gasteiger partial charge >= 0.3 is 0 Å². The lowest BCUT2D eigenvalue weighted by Gasteiger charge is -2.06. The van der Waals surface area contributed by atoms with Gasteiger partial charge in [-0.1, -0.05) is 72.8 Å². The van der Waals surface area contributed by atoms with Gasteiger partial charge in [-0.05, 0) is 43.5 Å². The minimum Gasteiger partial charge on any atom is -0.324 e. The third kappa shape index (κ3) is 3.43. The number of hydrogen-bond acceptors (Lipinski definition) is 6. The lowest BCUT2D eigenvalue weighted by Crippen LogP contribution is -1.88. The van der Waals surface area contributed by atoms with Crippen molar-refractivity contribution in [3.8, 4) is 45.6 Å². The summed E-state index contributed by atoms with van der Waals surface area (Å²) < 4.78 is 0. The van der Waals surface area contributed by atoms with Crippen LogP contribution < -0.4 is 0 Å². The Morgan fingerprint density at radius 1 is 0.419 bits per heavy atom. The van der Waals surface area contributed by atoms with E-state index in [1.807, 2.05) is 72.8 Å². The number of rotatable bonds is 0. The van der Waals surface area contributed by atoms with E-state index in [-0.39, 0.29) is 0 Å². The summed E-state index contributed by atoms with van der Waals surface area (Å²) in [5.74, 6) is 2.41. The number of aromatic amines is 2. The molecule has 0 atom stereocenters. The molecule has 4 aromatic carbocycles. The molecule has 0 unspecified atom stereocenters. The Balaban J connectivity index is 1.53. The summed E-state index contributed by atoms with van der Waals surface area (Å²) in [6, 6.07) is 26.5. The maximum absolute atomic E-state index is 5.15. The van der Waals surface area contributed by atoms with Crippen LogP contribution in [0.5, 0.6) is 0 Å². The van der Waals surface area contributed by atoms with Gasteiger partial charge in [0.15, 0.2) is 23.3 Å². The number of H-pyrrole nitrogens is 2. The predicted octanol–water partition coefficient (Wildman–Crippen LogP) is 7.79. The summed E-state index contributed by atoms with van der Waals surface area (Å²) in [6.07, 6.45) is 0. The zero-order valence-corrected chi connectivity index (χ0v) is 23.7. The molecule has 3 aromatic heterocycles. The molecule has 8 bridgehead atoms. The van der Waals surface area contributed by atoms with Crippen molar-refractivity contribution < 1.29 is 0 Å². The summed E-state index contributed by atoms with van der Waals surface area (Å²) in [5.41, 5.74) is 10.1. The molecule has 0 spiro atoms. The zero-order valence-electron chi connectivity index (χ0n) is 23.7. The van der Waals surface area contributed by atoms with Gasteiger partial charge in [-0.15, -0.1) is 0 Å². The number of benzene rings is 4. The van der Waals surface area contributed by atoms with E-state index in [4.69, 9.17) is 29.9 Å². The number of nitrogens with one attached hydrogen (secondary N) is 2. The van der Waals surface area contributed by atoms with Gasteiger partial charge < -0.3 is 9.97 Å². The lowest BCUT2D eigenvalue weighted by atomic mass is 9.99. The number of nitrogens with zero attached hydrogens (tertiary/aromatic N) is 6. The summed E-state index contributed by atoms with van der Waals surface area (Å²) >= 11 is 0. The second-order valence-electron chi connectivity index (χ2n) is 11.1. The van der Waals surface area contributed by atoms with Crippen LogP contribution in [0.2, 0.25) is 0 Å². The molecule has 0 amide bonds. The quantitative estimate of drug-likeness (QED) is 0.197. The number of fused-ring (bicyclic) bond motifs is 20. The van der Waals surface area contributed by atoms with Crippen molar-refractivity contribution in [2.75, 3.05) is 0 Å². The van der Waals surface area contributed by atoms with Crippen LogP contribution in [0.4, 0.5) is 0 Å². The normalized spacial score (nSPS) is 12.1. The van der Waals surface area contributed by atoms with Gasteiger partial charge in [0.05, 0.1) is 0 Å². The molecule has 9 rings (SSSR count). The van der Waals surface area contributed by atoms with Crippen LogP contribution in [0.15, 0.2) is 78.9 Å². The molecule has 7 aromatic rings. The molecule has 8 nitrogen and oxygen atoms in total. The molecule has 0 saturated heterocycles. The number of hydrogen-bond donors (Lipinski definition) is 2. The molecule has 2 N–H and O–H groups in total. The van der Waals surface area contributed by atoms with E-state index in [9.17, 15) is 0 Å². The second kappa shape index (κ2) is 8.62. The molecule has 204 valence electrons. The van der Waals surface area contributed by atoms with Crippen molar-refractivity contribution in [2.24, 2.45) is 0 Å². The van der Waals surface area contributed by atoms with Crippen LogP contribution in [0.3, 0.4) is 0 Å². The van der Waals surface area contributed by atoms with Crippen LogP contribution in [-0.2, 0) is 0 Å². The highest BCUT2D eigenvalue weighted by Gasteiger charge is 2.22. The molecule has 2 aliphatic rings. The molecule has 5 heterocycles. The van der Waals surface area contributed by atoms with E-state index < -0.39 is 0 Å². The summed E-state index contributed by atoms with van der Waals surface area (Å²) in [5, 5.41) is 3.93. The number of aromatic nitrogens is 8. The van der Waals surface area contributed by atoms with Crippen molar-refractivity contribution in [1.29, 1.82) is 0 Å². The monoisotopic (exact) mass is 556 g/mol. The van der Waals surface area contributed by atoms with Gasteiger partial charge in [0.25, 0.3) is 0 Å². The van der Waals surface area contributed by atoms with Crippen LogP contribution in [0, 0.1) is 20.8 Å². The van der Waals surface area contributed by atoms with Crippen molar-refractivity contribution in [1.82, 2.24) is 39.9 Å². The fourth-order valence-corrected chi connectivity index (χ4v) is 6.26. The van der Waals surface area contributed by atoms with E-state index in [1.54, 1.807) is 0 Å². The SMILES string of the molecule is Cc1cc2c3nc4nc(nc5[nH]c(nc6nc(nc([nH]3)c2c(C)c1C)-c1ccccc1-6)c1ccccc51)-c1ccccc1-4. The Morgan fingerprint density at radius 3 is 1.30 bits per heavy atom. The first-order valence-corrected chi connectivity index (χ1v) is 14.2. The highest BCUT2D eigenvalue weighted by molar-refractivity contribution is 6.08. The molecule has 0 fully saturated rings. The van der Waals surface area contributed by atoms with Crippen LogP contribution in [0.25, 0.3) is 89.7 Å². The van der Waals surface area contributed by atoms with Crippen LogP contribution in [0.1, 0.15) is 16.7 Å². The molecule has 0 radical (unpaired) electrons. The Morgan fingerprint density at radius 2 is 0.814 bits per heavy atom. The van der Waals surface area contributed by atoms with E-state index in [2.05, 4.69) is 36.8 Å². The Labute approximate surface area is 245 Å². The average molecular weight is 557 g/mol. The fraction of sp³-hybridized carbons (Fsp3) is 0.0857. The van der Waals surface area contributed by atoms with Gasteiger partial charge in [0.2, 0.25) is 0 Å². The number of aryl methyl sites for hydroxylation is 2. The molecule has 2 aliphatic heterocycles. The summed E-state index contributed by atoms with van der Waals surface area (Å²) in [6.45, 7) is 6.42. The lowest BCUT2D eigenvalue weighted by molar-refractivity contribution is 1.19. The van der Waals surface area contributed by atoms with Gasteiger partial charge in [0, 0.05) is 43.8 Å². The van der Waals surface area contributed by atoms with E-state index in [0.29, 0.717) is 45.9 Å². The zero-order chi connectivity index (χ0) is 28.8. The minimum absolute atomic E-state index is 0.600. The Bertz CT molecular complexity index is 2500. The third-order valence-corrected chi connectivity index (χ3v) is 8.67. The first-order valence-electron chi connectivity index (χ1n) is 14.2. The highest BCUT2D eigenvalue weighted by atomic mass is 15.1. The summed E-state index contributed by atoms with van der Waals surface area (Å²) in [7, 11) is 0. The third-order valence-electron chi connectivity index (χ3n) is 8.67. The van der Waals surface area contributed by atoms with E-state index in [1.165, 1.54) is 11.1 Å². The minimum atomic E-state index is 0.600. The van der Waals surface area contributed by atoms with Crippen molar-refractivity contribution in [3.63, 3.8) is 0 Å². The highest BCUT2D eigenvalue weighted by Crippen LogP contribution is 2.37. The van der Waals surface area contributed by atoms with Crippen molar-refractivity contribution >= 4 is 44.1 Å². The topological polar surface area (TPSA) is 109 Å². The van der Waals surface area contributed by atoms with Gasteiger partial charge in [0.1, 0.15) is 22.6 Å². The molecular weight excluding hydrogens is 532 g/mol. The Kier molecular flexibility index (Phi) is 4.79. The molecule has 8 heteroatoms. The Hall–Kier alpha value is -5.76.